The summed E-state index contributed by atoms with van der Waals surface area (Å²) in [5.41, 5.74) is 0.472. The van der Waals surface area contributed by atoms with Crippen molar-refractivity contribution in [3.8, 4) is 0 Å². The van der Waals surface area contributed by atoms with Crippen LogP contribution < -0.4 is 5.09 Å². The molecule has 0 saturated carbocycles. The summed E-state index contributed by atoms with van der Waals surface area (Å²) in [5.74, 6) is 0. The molecule has 0 amide bonds. The van der Waals surface area contributed by atoms with Gasteiger partial charge in [0.25, 0.3) is 0 Å². The molecular weight excluding hydrogens is 254 g/mol. The molecule has 1 aliphatic rings. The average molecular weight is 268 g/mol. The lowest BCUT2D eigenvalue weighted by Gasteiger charge is -2.17. The van der Waals surface area contributed by atoms with Crippen LogP contribution in [0.3, 0.4) is 0 Å². The van der Waals surface area contributed by atoms with Gasteiger partial charge in [0, 0.05) is 24.1 Å². The molecule has 1 aromatic heterocycles. The second kappa shape index (κ2) is 5.84. The third-order valence-electron chi connectivity index (χ3n) is 2.53. The maximum Gasteiger partial charge on any atom is 0.430 e. The van der Waals surface area contributed by atoms with Crippen molar-refractivity contribution in [2.45, 2.75) is 24.9 Å². The molecule has 8 heteroatoms. The molecule has 1 fully saturated rings. The smallest absolute Gasteiger partial charge is 0.382 e. The molecule has 2 heterocycles. The van der Waals surface area contributed by atoms with Crippen molar-refractivity contribution in [1.82, 2.24) is 4.98 Å². The number of nitrogens with zero attached hydrogens (tertiary/aromatic N) is 1. The standard InChI is InChI=1S/C10H14BN2O4P/c11-10-2-1-9(17-10)7-16-18(14,15)13-8-3-5-12-6-4-8/h3-6,9-10H,1-2,7H2,(H2,12,13,14,15)/t9-,10+/m0/s1. The van der Waals surface area contributed by atoms with E-state index in [-0.39, 0.29) is 18.7 Å². The van der Waals surface area contributed by atoms with Crippen LogP contribution in [-0.2, 0) is 13.8 Å². The second-order valence-corrected chi connectivity index (χ2v) is 5.56. The van der Waals surface area contributed by atoms with Gasteiger partial charge in [-0.15, -0.1) is 0 Å². The highest BCUT2D eigenvalue weighted by Gasteiger charge is 2.26. The number of nitrogens with one attached hydrogen (secondary N) is 1. The minimum atomic E-state index is -3.89. The van der Waals surface area contributed by atoms with Crippen LogP contribution in [0.1, 0.15) is 12.8 Å². The summed E-state index contributed by atoms with van der Waals surface area (Å²) in [4.78, 5) is 13.4. The number of rotatable bonds is 5. The van der Waals surface area contributed by atoms with E-state index in [4.69, 9.17) is 17.1 Å². The van der Waals surface area contributed by atoms with E-state index in [1.807, 2.05) is 0 Å². The first-order valence-electron chi connectivity index (χ1n) is 5.62. The van der Waals surface area contributed by atoms with Crippen molar-refractivity contribution in [2.75, 3.05) is 11.7 Å². The SMILES string of the molecule is [B][C@H]1CC[C@@H](COP(=O)(O)Nc2ccncc2)O1. The molecule has 0 aromatic carbocycles. The number of hydrogen-bond acceptors (Lipinski definition) is 4. The van der Waals surface area contributed by atoms with Gasteiger partial charge in [-0.3, -0.25) is 14.6 Å². The molecule has 2 N–H and O–H groups in total. The van der Waals surface area contributed by atoms with Crippen LogP contribution in [0.15, 0.2) is 24.5 Å². The molecule has 2 rings (SSSR count). The van der Waals surface area contributed by atoms with E-state index in [9.17, 15) is 9.46 Å². The first-order chi connectivity index (χ1) is 8.55. The van der Waals surface area contributed by atoms with E-state index < -0.39 is 7.75 Å². The van der Waals surface area contributed by atoms with E-state index >= 15 is 0 Å². The summed E-state index contributed by atoms with van der Waals surface area (Å²) in [6.45, 7) is 0.0412. The van der Waals surface area contributed by atoms with Gasteiger partial charge in [0.15, 0.2) is 0 Å². The molecule has 18 heavy (non-hydrogen) atoms. The minimum absolute atomic E-state index is 0.0412. The molecule has 1 unspecified atom stereocenters. The van der Waals surface area contributed by atoms with Crippen LogP contribution in [0.25, 0.3) is 0 Å². The molecular formula is C10H14BN2O4P. The fraction of sp³-hybridized carbons (Fsp3) is 0.500. The van der Waals surface area contributed by atoms with Crippen LogP contribution in [0, 0.1) is 0 Å². The predicted molar refractivity (Wildman–Crippen MR) is 67.3 cm³/mol. The molecule has 96 valence electrons. The van der Waals surface area contributed by atoms with Crippen LogP contribution in [-0.4, -0.2) is 36.4 Å². The van der Waals surface area contributed by atoms with E-state index in [1.54, 1.807) is 12.1 Å². The largest absolute Gasteiger partial charge is 0.430 e. The monoisotopic (exact) mass is 268 g/mol. The fourth-order valence-corrected chi connectivity index (χ4v) is 2.57. The van der Waals surface area contributed by atoms with Gasteiger partial charge in [0.1, 0.15) is 7.85 Å². The van der Waals surface area contributed by atoms with Gasteiger partial charge in [-0.1, -0.05) is 0 Å². The van der Waals surface area contributed by atoms with Gasteiger partial charge in [0.05, 0.1) is 12.7 Å². The summed E-state index contributed by atoms with van der Waals surface area (Å²) >= 11 is 0. The van der Waals surface area contributed by atoms with Crippen LogP contribution in [0.2, 0.25) is 0 Å². The van der Waals surface area contributed by atoms with Crippen molar-refractivity contribution in [3.63, 3.8) is 0 Å². The Hall–Kier alpha value is -0.875. The Morgan fingerprint density at radius 1 is 1.56 bits per heavy atom. The summed E-state index contributed by atoms with van der Waals surface area (Å²) in [7, 11) is 1.67. The van der Waals surface area contributed by atoms with E-state index in [2.05, 4.69) is 10.1 Å². The van der Waals surface area contributed by atoms with Crippen molar-refractivity contribution < 1.29 is 18.7 Å². The van der Waals surface area contributed by atoms with Crippen LogP contribution in [0.4, 0.5) is 5.69 Å². The Balaban J connectivity index is 1.82. The zero-order valence-corrected chi connectivity index (χ0v) is 10.6. The molecule has 0 bridgehead atoms. The lowest BCUT2D eigenvalue weighted by molar-refractivity contribution is 0.0480. The van der Waals surface area contributed by atoms with Gasteiger partial charge in [0.2, 0.25) is 0 Å². The second-order valence-electron chi connectivity index (χ2n) is 4.04. The van der Waals surface area contributed by atoms with Gasteiger partial charge in [-0.2, -0.15) is 0 Å². The van der Waals surface area contributed by atoms with Crippen LogP contribution >= 0.6 is 7.75 Å². The Morgan fingerprint density at radius 3 is 2.89 bits per heavy atom. The zero-order chi connectivity index (χ0) is 13.0. The van der Waals surface area contributed by atoms with Crippen molar-refractivity contribution in [2.24, 2.45) is 0 Å². The maximum absolute atomic E-state index is 11.7. The molecule has 0 aliphatic carbocycles. The van der Waals surface area contributed by atoms with Gasteiger partial charge < -0.3 is 9.63 Å². The number of anilines is 1. The van der Waals surface area contributed by atoms with E-state index in [1.165, 1.54) is 12.4 Å². The normalized spacial score (nSPS) is 26.7. The fourth-order valence-electron chi connectivity index (χ4n) is 1.66. The zero-order valence-electron chi connectivity index (χ0n) is 9.73. The Morgan fingerprint density at radius 2 is 2.28 bits per heavy atom. The topological polar surface area (TPSA) is 80.7 Å². The lowest BCUT2D eigenvalue weighted by atomic mass is 9.97. The Bertz CT molecular complexity index is 433. The maximum atomic E-state index is 11.7. The molecule has 3 atom stereocenters. The van der Waals surface area contributed by atoms with Gasteiger partial charge in [-0.05, 0) is 25.0 Å². The summed E-state index contributed by atoms with van der Waals surface area (Å²) < 4.78 is 22.0. The van der Waals surface area contributed by atoms with E-state index in [0.717, 1.165) is 12.8 Å². The highest BCUT2D eigenvalue weighted by molar-refractivity contribution is 7.54. The molecule has 0 spiro atoms. The predicted octanol–water partition coefficient (Wildman–Crippen LogP) is 1.28. The number of pyridine rings is 1. The molecule has 1 saturated heterocycles. The average Bonchev–Trinajstić information content (AvgIpc) is 2.74. The van der Waals surface area contributed by atoms with E-state index in [0.29, 0.717) is 5.69 Å². The Kier molecular flexibility index (Phi) is 4.40. The van der Waals surface area contributed by atoms with Crippen molar-refractivity contribution in [1.29, 1.82) is 0 Å². The van der Waals surface area contributed by atoms with Crippen molar-refractivity contribution >= 4 is 21.3 Å². The highest BCUT2D eigenvalue weighted by Crippen LogP contribution is 2.42. The third-order valence-corrected chi connectivity index (χ3v) is 3.57. The molecule has 1 aliphatic heterocycles. The first-order valence-corrected chi connectivity index (χ1v) is 7.19. The van der Waals surface area contributed by atoms with Crippen molar-refractivity contribution in [3.05, 3.63) is 24.5 Å². The minimum Gasteiger partial charge on any atom is -0.382 e. The summed E-state index contributed by atoms with van der Waals surface area (Å²) in [6, 6.07) is 2.85. The lowest BCUT2D eigenvalue weighted by Crippen LogP contribution is -2.17. The Labute approximate surface area is 107 Å². The first kappa shape index (κ1) is 13.6. The highest BCUT2D eigenvalue weighted by atomic mass is 31.2. The van der Waals surface area contributed by atoms with Gasteiger partial charge >= 0.3 is 7.75 Å². The molecule has 2 radical (unpaired) electrons. The quantitative estimate of drug-likeness (QED) is 0.618. The molecule has 1 aromatic rings. The number of hydrogen-bond donors (Lipinski definition) is 2. The summed E-state index contributed by atoms with van der Waals surface area (Å²) in [6.07, 6.45) is 4.28. The number of aromatic nitrogens is 1. The molecule has 6 nitrogen and oxygen atoms in total. The third kappa shape index (κ3) is 4.10. The van der Waals surface area contributed by atoms with Crippen LogP contribution in [0.5, 0.6) is 0 Å². The number of ether oxygens (including phenoxy) is 1. The summed E-state index contributed by atoms with van der Waals surface area (Å²) in [5, 5.41) is 2.42. The van der Waals surface area contributed by atoms with Gasteiger partial charge in [-0.25, -0.2) is 4.57 Å².